The lowest BCUT2D eigenvalue weighted by molar-refractivity contribution is -0.383. The van der Waals surface area contributed by atoms with Gasteiger partial charge in [-0.25, -0.2) is 0 Å². The summed E-state index contributed by atoms with van der Waals surface area (Å²) >= 11 is 0. The van der Waals surface area contributed by atoms with Crippen LogP contribution < -0.4 is 20.1 Å². The Balaban J connectivity index is 1.50. The fourth-order valence-electron chi connectivity index (χ4n) is 3.33. The predicted octanol–water partition coefficient (Wildman–Crippen LogP) is 4.72. The zero-order chi connectivity index (χ0) is 26.1. The molecular formula is C27H29N3O6. The van der Waals surface area contributed by atoms with Crippen molar-refractivity contribution in [2.75, 3.05) is 25.1 Å². The molecule has 0 aliphatic heterocycles. The van der Waals surface area contributed by atoms with E-state index in [1.807, 2.05) is 24.3 Å². The third kappa shape index (κ3) is 7.30. The van der Waals surface area contributed by atoms with Gasteiger partial charge in [0.15, 0.2) is 6.61 Å². The van der Waals surface area contributed by atoms with Crippen LogP contribution in [0, 0.1) is 10.1 Å². The highest BCUT2D eigenvalue weighted by molar-refractivity contribution is 5.97. The Bertz CT molecular complexity index is 1220. The largest absolute Gasteiger partial charge is 0.492 e. The molecular weight excluding hydrogens is 462 g/mol. The van der Waals surface area contributed by atoms with Crippen LogP contribution in [0.5, 0.6) is 11.5 Å². The van der Waals surface area contributed by atoms with Crippen molar-refractivity contribution < 1.29 is 24.0 Å². The third-order valence-corrected chi connectivity index (χ3v) is 5.24. The fraction of sp³-hybridized carbons (Fsp3) is 0.259. The zero-order valence-electron chi connectivity index (χ0n) is 20.4. The van der Waals surface area contributed by atoms with Gasteiger partial charge >= 0.3 is 0 Å². The summed E-state index contributed by atoms with van der Waals surface area (Å²) < 4.78 is 11.2. The smallest absolute Gasteiger partial charge is 0.292 e. The summed E-state index contributed by atoms with van der Waals surface area (Å²) in [5, 5.41) is 16.3. The molecule has 0 aliphatic rings. The molecule has 2 N–H and O–H groups in total. The van der Waals surface area contributed by atoms with E-state index in [1.165, 1.54) is 23.8 Å². The maximum atomic E-state index is 12.7. The maximum absolute atomic E-state index is 12.7. The molecule has 0 atom stereocenters. The van der Waals surface area contributed by atoms with Crippen LogP contribution in [0.1, 0.15) is 36.7 Å². The molecule has 0 radical (unpaired) electrons. The summed E-state index contributed by atoms with van der Waals surface area (Å²) in [4.78, 5) is 35.5. The number of hydrogen-bond donors (Lipinski definition) is 2. The van der Waals surface area contributed by atoms with E-state index in [4.69, 9.17) is 9.47 Å². The molecule has 188 valence electrons. The maximum Gasteiger partial charge on any atom is 0.292 e. The molecule has 0 bridgehead atoms. The van der Waals surface area contributed by atoms with E-state index in [0.717, 1.165) is 0 Å². The van der Waals surface area contributed by atoms with E-state index in [2.05, 4.69) is 31.4 Å². The van der Waals surface area contributed by atoms with Crippen molar-refractivity contribution in [3.05, 3.63) is 94.0 Å². The van der Waals surface area contributed by atoms with E-state index in [1.54, 1.807) is 30.3 Å². The quantitative estimate of drug-likeness (QED) is 0.241. The van der Waals surface area contributed by atoms with E-state index < -0.39 is 17.4 Å². The average molecular weight is 492 g/mol. The zero-order valence-corrected chi connectivity index (χ0v) is 20.4. The average Bonchev–Trinajstić information content (AvgIpc) is 2.85. The van der Waals surface area contributed by atoms with Crippen LogP contribution in [-0.2, 0) is 10.2 Å². The Morgan fingerprint density at radius 3 is 2.28 bits per heavy atom. The van der Waals surface area contributed by atoms with Gasteiger partial charge in [0.05, 0.1) is 17.0 Å². The minimum absolute atomic E-state index is 0.0577. The first kappa shape index (κ1) is 26.2. The number of benzene rings is 3. The van der Waals surface area contributed by atoms with Crippen LogP contribution in [0.15, 0.2) is 72.8 Å². The second-order valence-corrected chi connectivity index (χ2v) is 8.99. The Labute approximate surface area is 209 Å². The highest BCUT2D eigenvalue weighted by Crippen LogP contribution is 2.25. The van der Waals surface area contributed by atoms with Crippen LogP contribution in [0.3, 0.4) is 0 Å². The highest BCUT2D eigenvalue weighted by atomic mass is 16.6. The van der Waals surface area contributed by atoms with Gasteiger partial charge < -0.3 is 20.1 Å². The van der Waals surface area contributed by atoms with Gasteiger partial charge in [0.25, 0.3) is 17.5 Å². The van der Waals surface area contributed by atoms with Gasteiger partial charge in [-0.3, -0.25) is 19.7 Å². The molecule has 3 aromatic rings. The minimum atomic E-state index is -0.592. The van der Waals surface area contributed by atoms with Crippen molar-refractivity contribution in [3.63, 3.8) is 0 Å². The van der Waals surface area contributed by atoms with Crippen LogP contribution in [0.2, 0.25) is 0 Å². The van der Waals surface area contributed by atoms with Crippen LogP contribution in [0.25, 0.3) is 0 Å². The number of nitrogens with one attached hydrogen (secondary N) is 2. The molecule has 0 saturated heterocycles. The molecule has 2 amide bonds. The lowest BCUT2D eigenvalue weighted by Gasteiger charge is -2.19. The van der Waals surface area contributed by atoms with E-state index in [9.17, 15) is 19.7 Å². The summed E-state index contributed by atoms with van der Waals surface area (Å²) in [5.74, 6) is -0.0428. The molecule has 9 heteroatoms. The molecule has 0 aliphatic carbocycles. The van der Waals surface area contributed by atoms with Gasteiger partial charge in [0, 0.05) is 6.07 Å². The molecule has 0 aromatic heterocycles. The van der Waals surface area contributed by atoms with Crippen molar-refractivity contribution in [2.45, 2.75) is 26.2 Å². The van der Waals surface area contributed by atoms with Crippen LogP contribution >= 0.6 is 0 Å². The van der Waals surface area contributed by atoms with Crippen molar-refractivity contribution >= 4 is 23.2 Å². The third-order valence-electron chi connectivity index (χ3n) is 5.24. The molecule has 3 rings (SSSR count). The first-order valence-electron chi connectivity index (χ1n) is 11.4. The SMILES string of the molecule is CC(C)(C)c1ccc(OCCNC(=O)c2ccccc2OCC(=O)Nc2ccccc2[N+](=O)[O-])cc1. The normalized spacial score (nSPS) is 10.9. The van der Waals surface area contributed by atoms with Crippen molar-refractivity contribution in [2.24, 2.45) is 0 Å². The number of nitrogens with zero attached hydrogens (tertiary/aromatic N) is 1. The number of ether oxygens (including phenoxy) is 2. The topological polar surface area (TPSA) is 120 Å². The minimum Gasteiger partial charge on any atom is -0.492 e. The number of hydrogen-bond acceptors (Lipinski definition) is 6. The lowest BCUT2D eigenvalue weighted by Crippen LogP contribution is -2.29. The Morgan fingerprint density at radius 2 is 1.58 bits per heavy atom. The summed E-state index contributed by atoms with van der Waals surface area (Å²) in [5.41, 5.74) is 1.36. The van der Waals surface area contributed by atoms with Gasteiger partial charge in [0.2, 0.25) is 0 Å². The molecule has 3 aromatic carbocycles. The van der Waals surface area contributed by atoms with Gasteiger partial charge in [-0.15, -0.1) is 0 Å². The van der Waals surface area contributed by atoms with Gasteiger partial charge in [-0.2, -0.15) is 0 Å². The second kappa shape index (κ2) is 11.8. The van der Waals surface area contributed by atoms with Gasteiger partial charge in [0.1, 0.15) is 23.8 Å². The van der Waals surface area contributed by atoms with E-state index in [0.29, 0.717) is 5.75 Å². The van der Waals surface area contributed by atoms with Gasteiger partial charge in [-0.05, 0) is 41.3 Å². The van der Waals surface area contributed by atoms with E-state index in [-0.39, 0.29) is 47.2 Å². The molecule has 36 heavy (non-hydrogen) atoms. The van der Waals surface area contributed by atoms with Gasteiger partial charge in [-0.1, -0.05) is 57.2 Å². The molecule has 0 heterocycles. The summed E-state index contributed by atoms with van der Waals surface area (Å²) in [6.45, 7) is 6.55. The fourth-order valence-corrected chi connectivity index (χ4v) is 3.33. The molecule has 0 fully saturated rings. The number of para-hydroxylation sites is 3. The standard InChI is InChI=1S/C27H29N3O6/c1-27(2,3)19-12-14-20(15-13-19)35-17-16-28-26(32)21-8-4-7-11-24(21)36-18-25(31)29-22-9-5-6-10-23(22)30(33)34/h4-15H,16-18H2,1-3H3,(H,28,32)(H,29,31). The highest BCUT2D eigenvalue weighted by Gasteiger charge is 2.17. The van der Waals surface area contributed by atoms with Crippen LogP contribution in [-0.4, -0.2) is 36.5 Å². The Morgan fingerprint density at radius 1 is 0.917 bits per heavy atom. The first-order valence-corrected chi connectivity index (χ1v) is 11.4. The van der Waals surface area contributed by atoms with Crippen LogP contribution in [0.4, 0.5) is 11.4 Å². The summed E-state index contributed by atoms with van der Waals surface area (Å²) in [6.07, 6.45) is 0. The Hall–Kier alpha value is -4.40. The number of carbonyl (C=O) groups excluding carboxylic acids is 2. The number of carbonyl (C=O) groups is 2. The number of anilines is 1. The Kier molecular flexibility index (Phi) is 8.61. The number of amides is 2. The second-order valence-electron chi connectivity index (χ2n) is 8.99. The molecule has 0 unspecified atom stereocenters. The van der Waals surface area contributed by atoms with Crippen molar-refractivity contribution in [1.29, 1.82) is 0 Å². The molecule has 0 spiro atoms. The number of nitro benzene ring substituents is 1. The summed E-state index contributed by atoms with van der Waals surface area (Å²) in [7, 11) is 0. The monoisotopic (exact) mass is 491 g/mol. The first-order chi connectivity index (χ1) is 17.1. The lowest BCUT2D eigenvalue weighted by atomic mass is 9.87. The number of nitro groups is 1. The molecule has 0 saturated carbocycles. The van der Waals surface area contributed by atoms with Crippen molar-refractivity contribution in [3.8, 4) is 11.5 Å². The van der Waals surface area contributed by atoms with Crippen molar-refractivity contribution in [1.82, 2.24) is 5.32 Å². The molecule has 9 nitrogen and oxygen atoms in total. The summed E-state index contributed by atoms with van der Waals surface area (Å²) in [6, 6.07) is 20.2. The van der Waals surface area contributed by atoms with E-state index >= 15 is 0 Å². The predicted molar refractivity (Wildman–Crippen MR) is 137 cm³/mol. The number of rotatable bonds is 10.